The van der Waals surface area contributed by atoms with Gasteiger partial charge in [-0.2, -0.15) is 0 Å². The van der Waals surface area contributed by atoms with Gasteiger partial charge in [-0.3, -0.25) is 4.57 Å². The number of nitrogens with zero attached hydrogens (tertiary/aromatic N) is 4. The molecule has 5 nitrogen and oxygen atoms in total. The summed E-state index contributed by atoms with van der Waals surface area (Å²) in [7, 11) is -3.46. The summed E-state index contributed by atoms with van der Waals surface area (Å²) in [5.41, 5.74) is 11.3. The molecule has 1 aliphatic heterocycles. The standard InChI is InChI=1S/C66H70N4OSi2/c1-65(2,3)47-37-50(68-42-69(59-25-15-14-24-58(59)68)64-61(72(4,5)6)26-17-27-62(64)73(7,8)9)40-52(38-47)71-51-28-29-55-54-21-12-13-23-57(54)70(60(55)41-51)63-39-46(30-31-67-63)66(48-33-43-32-44(35-48)36-49(66)34-43)56-22-16-19-45-18-10-11-20-53(45)56/h10-31,37-41,43-44,48-49H,32-36,42H2,1-9H3. The Labute approximate surface area is 434 Å². The molecule has 4 saturated carbocycles. The van der Waals surface area contributed by atoms with Crippen molar-refractivity contribution in [2.45, 2.75) is 103 Å². The monoisotopic (exact) mass is 991 g/mol. The molecule has 0 unspecified atom stereocenters. The van der Waals surface area contributed by atoms with Crippen LogP contribution in [0.3, 0.4) is 0 Å². The highest BCUT2D eigenvalue weighted by Crippen LogP contribution is 2.66. The average Bonchev–Trinajstić information content (AvgIpc) is 3.91. The Bertz CT molecular complexity index is 3580. The second kappa shape index (κ2) is 16.8. The molecule has 7 aromatic carbocycles. The summed E-state index contributed by atoms with van der Waals surface area (Å²) in [5, 5.41) is 8.22. The third-order valence-electron chi connectivity index (χ3n) is 17.7. The van der Waals surface area contributed by atoms with E-state index in [0.29, 0.717) is 11.8 Å². The molecule has 7 heteroatoms. The second-order valence-corrected chi connectivity index (χ2v) is 35.5. The number of aromatic nitrogens is 2. The van der Waals surface area contributed by atoms with E-state index < -0.39 is 16.1 Å². The Hall–Kier alpha value is -6.42. The van der Waals surface area contributed by atoms with Crippen LogP contribution in [-0.4, -0.2) is 32.4 Å². The molecule has 4 aliphatic carbocycles. The quantitative estimate of drug-likeness (QED) is 0.135. The van der Waals surface area contributed by atoms with Gasteiger partial charge in [-0.05, 0) is 154 Å². The maximum atomic E-state index is 7.17. The van der Waals surface area contributed by atoms with Crippen LogP contribution in [0.2, 0.25) is 39.3 Å². The fraction of sp³-hybridized carbons (Fsp3) is 0.318. The summed E-state index contributed by atoms with van der Waals surface area (Å²) in [6, 6.07) is 59.7. The predicted molar refractivity (Wildman–Crippen MR) is 314 cm³/mol. The fourth-order valence-electron chi connectivity index (χ4n) is 14.7. The summed E-state index contributed by atoms with van der Waals surface area (Å²) < 4.78 is 9.58. The van der Waals surface area contributed by atoms with Crippen LogP contribution in [0.1, 0.15) is 69.6 Å². The maximum Gasteiger partial charge on any atom is 0.137 e. The molecule has 4 bridgehead atoms. The van der Waals surface area contributed by atoms with Crippen molar-refractivity contribution in [1.29, 1.82) is 0 Å². The Balaban J connectivity index is 0.922. The van der Waals surface area contributed by atoms with Crippen molar-refractivity contribution in [2.75, 3.05) is 16.5 Å². The van der Waals surface area contributed by atoms with Crippen LogP contribution in [-0.2, 0) is 10.8 Å². The van der Waals surface area contributed by atoms with Gasteiger partial charge in [-0.15, -0.1) is 0 Å². The van der Waals surface area contributed by atoms with E-state index in [9.17, 15) is 0 Å². The van der Waals surface area contributed by atoms with E-state index in [-0.39, 0.29) is 10.8 Å². The SMILES string of the molecule is CC(C)(C)c1cc(Oc2ccc3c4ccccc4n(-c4cc(C5(c6cccc7ccccc67)C6CC7CC(C6)CC5C7)ccn4)c3c2)cc(N2CN(c3c([Si](C)(C)C)cccc3[Si](C)(C)C)c3ccccc32)c1. The first-order chi connectivity index (χ1) is 35.0. The number of para-hydroxylation sites is 4. The predicted octanol–water partition coefficient (Wildman–Crippen LogP) is 16.5. The van der Waals surface area contributed by atoms with Crippen LogP contribution in [0.15, 0.2) is 164 Å². The van der Waals surface area contributed by atoms with Crippen molar-refractivity contribution >= 4 is 81.8 Å². The Morgan fingerprint density at radius 1 is 0.548 bits per heavy atom. The van der Waals surface area contributed by atoms with Crippen LogP contribution < -0.4 is 24.9 Å². The highest BCUT2D eigenvalue weighted by atomic mass is 28.3. The number of hydrogen-bond donors (Lipinski definition) is 0. The van der Waals surface area contributed by atoms with E-state index in [2.05, 4.69) is 238 Å². The second-order valence-electron chi connectivity index (χ2n) is 25.4. The topological polar surface area (TPSA) is 33.5 Å². The van der Waals surface area contributed by atoms with E-state index in [1.54, 1.807) is 0 Å². The lowest BCUT2D eigenvalue weighted by atomic mass is 9.42. The van der Waals surface area contributed by atoms with E-state index in [0.717, 1.165) is 52.5 Å². The van der Waals surface area contributed by atoms with Crippen LogP contribution in [0.5, 0.6) is 11.5 Å². The Morgan fingerprint density at radius 2 is 1.16 bits per heavy atom. The highest BCUT2D eigenvalue weighted by Gasteiger charge is 2.59. The van der Waals surface area contributed by atoms with Crippen molar-refractivity contribution < 1.29 is 4.74 Å². The van der Waals surface area contributed by atoms with E-state index in [4.69, 9.17) is 9.72 Å². The van der Waals surface area contributed by atoms with E-state index in [1.165, 1.54) is 97.8 Å². The zero-order chi connectivity index (χ0) is 50.2. The van der Waals surface area contributed by atoms with Crippen LogP contribution in [0.25, 0.3) is 38.4 Å². The van der Waals surface area contributed by atoms with Gasteiger partial charge in [0.15, 0.2) is 0 Å². The molecule has 14 rings (SSSR count). The molecule has 4 fully saturated rings. The summed E-state index contributed by atoms with van der Waals surface area (Å²) in [5.74, 6) is 5.54. The van der Waals surface area contributed by atoms with Crippen molar-refractivity contribution in [3.63, 3.8) is 0 Å². The summed E-state index contributed by atoms with van der Waals surface area (Å²) in [6.45, 7) is 22.6. The van der Waals surface area contributed by atoms with Gasteiger partial charge in [0.25, 0.3) is 0 Å². The minimum absolute atomic E-state index is 0.0734. The number of fused-ring (bicyclic) bond motifs is 5. The lowest BCUT2D eigenvalue weighted by molar-refractivity contribution is -0.0412. The number of ether oxygens (including phenoxy) is 1. The zero-order valence-corrected chi connectivity index (χ0v) is 46.3. The molecule has 9 aromatic rings. The normalized spacial score (nSPS) is 21.7. The number of benzene rings is 7. The first-order valence-corrected chi connectivity index (χ1v) is 34.1. The van der Waals surface area contributed by atoms with Gasteiger partial charge in [-0.25, -0.2) is 4.98 Å². The maximum absolute atomic E-state index is 7.17. The van der Waals surface area contributed by atoms with Gasteiger partial charge in [-0.1, -0.05) is 151 Å². The van der Waals surface area contributed by atoms with Crippen molar-refractivity contribution in [3.8, 4) is 17.3 Å². The number of rotatable bonds is 9. The van der Waals surface area contributed by atoms with Crippen molar-refractivity contribution in [3.05, 3.63) is 181 Å². The third kappa shape index (κ3) is 7.54. The van der Waals surface area contributed by atoms with Gasteiger partial charge in [0.1, 0.15) is 24.0 Å². The smallest absolute Gasteiger partial charge is 0.137 e. The lowest BCUT2D eigenvalue weighted by Crippen LogP contribution is -2.56. The third-order valence-corrected chi connectivity index (χ3v) is 21.8. The highest BCUT2D eigenvalue weighted by molar-refractivity contribution is 6.93. The average molecular weight is 991 g/mol. The molecule has 0 N–H and O–H groups in total. The van der Waals surface area contributed by atoms with Crippen molar-refractivity contribution in [1.82, 2.24) is 9.55 Å². The molecular weight excluding hydrogens is 921 g/mol. The van der Waals surface area contributed by atoms with Crippen molar-refractivity contribution in [2.24, 2.45) is 23.7 Å². The molecule has 73 heavy (non-hydrogen) atoms. The van der Waals surface area contributed by atoms with Gasteiger partial charge >= 0.3 is 0 Å². The van der Waals surface area contributed by atoms with E-state index >= 15 is 0 Å². The molecule has 0 saturated heterocycles. The van der Waals surface area contributed by atoms with Gasteiger partial charge in [0.2, 0.25) is 0 Å². The van der Waals surface area contributed by atoms with Crippen LogP contribution in [0, 0.1) is 23.7 Å². The fourth-order valence-corrected chi connectivity index (χ4v) is 18.0. The minimum Gasteiger partial charge on any atom is -0.457 e. The first kappa shape index (κ1) is 46.4. The number of hydrogen-bond acceptors (Lipinski definition) is 4. The first-order valence-electron chi connectivity index (χ1n) is 27.1. The van der Waals surface area contributed by atoms with E-state index in [1.807, 2.05) is 0 Å². The molecule has 5 aliphatic rings. The van der Waals surface area contributed by atoms with Gasteiger partial charge < -0.3 is 14.5 Å². The summed E-state index contributed by atoms with van der Waals surface area (Å²) in [6.07, 6.45) is 8.79. The lowest BCUT2D eigenvalue weighted by Gasteiger charge is -2.62. The molecule has 3 heterocycles. The van der Waals surface area contributed by atoms with Crippen LogP contribution in [0.4, 0.5) is 22.7 Å². The molecule has 368 valence electrons. The zero-order valence-electron chi connectivity index (χ0n) is 44.3. The molecule has 2 aromatic heterocycles. The largest absolute Gasteiger partial charge is 0.457 e. The minimum atomic E-state index is -1.73. The number of anilines is 4. The Kier molecular flexibility index (Phi) is 10.7. The molecule has 0 radical (unpaired) electrons. The molecule has 0 atom stereocenters. The van der Waals surface area contributed by atoms with Crippen LogP contribution >= 0.6 is 0 Å². The molecule has 0 spiro atoms. The molecule has 0 amide bonds. The number of pyridine rings is 1. The summed E-state index contributed by atoms with van der Waals surface area (Å²) >= 11 is 0. The Morgan fingerprint density at radius 3 is 1.86 bits per heavy atom. The molecular formula is C66H70N4OSi2. The van der Waals surface area contributed by atoms with Gasteiger partial charge in [0.05, 0.1) is 38.6 Å². The van der Waals surface area contributed by atoms with Gasteiger partial charge in [0, 0.05) is 45.9 Å². The summed E-state index contributed by atoms with van der Waals surface area (Å²) in [4.78, 5) is 10.4.